The summed E-state index contributed by atoms with van der Waals surface area (Å²) in [5.41, 5.74) is 6.77. The van der Waals surface area contributed by atoms with Crippen molar-refractivity contribution in [2.45, 2.75) is 0 Å². The van der Waals surface area contributed by atoms with Gasteiger partial charge < -0.3 is 10.5 Å². The molecule has 0 bridgehead atoms. The van der Waals surface area contributed by atoms with E-state index in [4.69, 9.17) is 22.1 Å². The van der Waals surface area contributed by atoms with Gasteiger partial charge in [-0.25, -0.2) is 9.97 Å². The van der Waals surface area contributed by atoms with Crippen molar-refractivity contribution in [1.82, 2.24) is 9.97 Å². The Morgan fingerprint density at radius 3 is 2.74 bits per heavy atom. The molecule has 2 aromatic heterocycles. The fourth-order valence-corrected chi connectivity index (χ4v) is 2.78. The number of methoxy groups -OCH3 is 1. The van der Waals surface area contributed by atoms with Crippen LogP contribution in [0.1, 0.15) is 0 Å². The molecule has 0 amide bonds. The summed E-state index contributed by atoms with van der Waals surface area (Å²) in [6.45, 7) is 0. The van der Waals surface area contributed by atoms with Crippen molar-refractivity contribution < 1.29 is 4.74 Å². The van der Waals surface area contributed by atoms with Crippen LogP contribution < -0.4 is 10.5 Å². The number of nitrogen functional groups attached to an aromatic ring is 1. The zero-order valence-corrected chi connectivity index (χ0v) is 11.6. The van der Waals surface area contributed by atoms with Crippen LogP contribution in [0.5, 0.6) is 5.75 Å². The summed E-state index contributed by atoms with van der Waals surface area (Å²) in [7, 11) is 1.61. The van der Waals surface area contributed by atoms with E-state index in [9.17, 15) is 0 Å². The number of hydrogen-bond donors (Lipinski definition) is 1. The standard InChI is InChI=1S/C13H10ClN3OS/c1-18-7-2-3-9-8(6-7)12(15)17-13(16-9)10-4-5-11(14)19-10/h2-6H,1H3,(H2,15,16,17). The summed E-state index contributed by atoms with van der Waals surface area (Å²) in [6, 6.07) is 9.25. The molecular formula is C13H10ClN3OS. The van der Waals surface area contributed by atoms with Crippen LogP contribution in [0.15, 0.2) is 30.3 Å². The largest absolute Gasteiger partial charge is 0.497 e. The fraction of sp³-hybridized carbons (Fsp3) is 0.0769. The van der Waals surface area contributed by atoms with Crippen LogP contribution in [0.4, 0.5) is 5.82 Å². The minimum atomic E-state index is 0.434. The lowest BCUT2D eigenvalue weighted by molar-refractivity contribution is 0.415. The molecule has 0 fully saturated rings. The number of ether oxygens (including phenoxy) is 1. The van der Waals surface area contributed by atoms with E-state index in [2.05, 4.69) is 9.97 Å². The average molecular weight is 292 g/mol. The number of nitrogens with zero attached hydrogens (tertiary/aromatic N) is 2. The van der Waals surface area contributed by atoms with Crippen molar-refractivity contribution in [2.75, 3.05) is 12.8 Å². The lowest BCUT2D eigenvalue weighted by Crippen LogP contribution is -1.97. The number of thiophene rings is 1. The van der Waals surface area contributed by atoms with E-state index in [0.29, 0.717) is 16.0 Å². The minimum absolute atomic E-state index is 0.434. The predicted octanol–water partition coefficient (Wildman–Crippen LogP) is 3.60. The second-order valence-corrected chi connectivity index (χ2v) is 5.63. The normalized spacial score (nSPS) is 10.8. The van der Waals surface area contributed by atoms with E-state index < -0.39 is 0 Å². The SMILES string of the molecule is COc1ccc2nc(-c3ccc(Cl)s3)nc(N)c2c1. The second-order valence-electron chi connectivity index (χ2n) is 3.92. The van der Waals surface area contributed by atoms with Gasteiger partial charge in [-0.15, -0.1) is 11.3 Å². The molecule has 96 valence electrons. The molecule has 2 heterocycles. The summed E-state index contributed by atoms with van der Waals surface area (Å²) in [6.07, 6.45) is 0. The van der Waals surface area contributed by atoms with Gasteiger partial charge in [0.2, 0.25) is 0 Å². The molecular weight excluding hydrogens is 282 g/mol. The van der Waals surface area contributed by atoms with Gasteiger partial charge in [-0.1, -0.05) is 11.6 Å². The van der Waals surface area contributed by atoms with E-state index >= 15 is 0 Å². The molecule has 0 aliphatic rings. The molecule has 2 N–H and O–H groups in total. The topological polar surface area (TPSA) is 61.0 Å². The Labute approximate surface area is 118 Å². The highest BCUT2D eigenvalue weighted by molar-refractivity contribution is 7.19. The van der Waals surface area contributed by atoms with Gasteiger partial charge in [0.15, 0.2) is 5.82 Å². The first-order valence-electron chi connectivity index (χ1n) is 5.54. The van der Waals surface area contributed by atoms with Crippen LogP contribution in [0.3, 0.4) is 0 Å². The first kappa shape index (κ1) is 12.2. The van der Waals surface area contributed by atoms with Gasteiger partial charge >= 0.3 is 0 Å². The first-order chi connectivity index (χ1) is 9.17. The van der Waals surface area contributed by atoms with E-state index in [1.165, 1.54) is 11.3 Å². The van der Waals surface area contributed by atoms with E-state index in [1.54, 1.807) is 7.11 Å². The lowest BCUT2D eigenvalue weighted by Gasteiger charge is -2.06. The number of halogens is 1. The van der Waals surface area contributed by atoms with Crippen molar-refractivity contribution >= 4 is 39.7 Å². The van der Waals surface area contributed by atoms with Crippen molar-refractivity contribution in [3.05, 3.63) is 34.7 Å². The van der Waals surface area contributed by atoms with E-state index in [1.807, 2.05) is 30.3 Å². The number of nitrogens with two attached hydrogens (primary N) is 1. The number of anilines is 1. The van der Waals surface area contributed by atoms with Gasteiger partial charge in [0, 0.05) is 5.39 Å². The first-order valence-corrected chi connectivity index (χ1v) is 6.74. The maximum absolute atomic E-state index is 5.99. The third kappa shape index (κ3) is 2.22. The summed E-state index contributed by atoms with van der Waals surface area (Å²) < 4.78 is 5.87. The molecule has 0 saturated carbocycles. The number of hydrogen-bond acceptors (Lipinski definition) is 5. The highest BCUT2D eigenvalue weighted by Crippen LogP contribution is 2.31. The Hall–Kier alpha value is -1.85. The van der Waals surface area contributed by atoms with Crippen molar-refractivity contribution in [2.24, 2.45) is 0 Å². The third-order valence-corrected chi connectivity index (χ3v) is 3.95. The number of benzene rings is 1. The van der Waals surface area contributed by atoms with Gasteiger partial charge in [-0.2, -0.15) is 0 Å². The van der Waals surface area contributed by atoms with E-state index in [-0.39, 0.29) is 0 Å². The molecule has 0 aliphatic heterocycles. The Morgan fingerprint density at radius 2 is 2.05 bits per heavy atom. The smallest absolute Gasteiger partial charge is 0.172 e. The Bertz CT molecular complexity index is 757. The maximum atomic E-state index is 5.99. The fourth-order valence-electron chi connectivity index (χ4n) is 1.80. The summed E-state index contributed by atoms with van der Waals surface area (Å²) in [5.74, 6) is 1.75. The molecule has 4 nitrogen and oxygen atoms in total. The summed E-state index contributed by atoms with van der Waals surface area (Å²) in [5, 5.41) is 0.783. The molecule has 1 aromatic carbocycles. The van der Waals surface area contributed by atoms with Crippen molar-refractivity contribution in [1.29, 1.82) is 0 Å². The lowest BCUT2D eigenvalue weighted by atomic mass is 10.2. The quantitative estimate of drug-likeness (QED) is 0.783. The maximum Gasteiger partial charge on any atom is 0.172 e. The van der Waals surface area contributed by atoms with Crippen molar-refractivity contribution in [3.63, 3.8) is 0 Å². The molecule has 6 heteroatoms. The Morgan fingerprint density at radius 1 is 1.21 bits per heavy atom. The highest BCUT2D eigenvalue weighted by Gasteiger charge is 2.10. The average Bonchev–Trinajstić information content (AvgIpc) is 2.85. The molecule has 0 radical (unpaired) electrons. The minimum Gasteiger partial charge on any atom is -0.497 e. The second kappa shape index (κ2) is 4.68. The van der Waals surface area contributed by atoms with Gasteiger partial charge in [0.25, 0.3) is 0 Å². The van der Waals surface area contributed by atoms with E-state index in [0.717, 1.165) is 21.5 Å². The molecule has 0 aliphatic carbocycles. The van der Waals surface area contributed by atoms with Crippen LogP contribution in [0, 0.1) is 0 Å². The molecule has 0 saturated heterocycles. The monoisotopic (exact) mass is 291 g/mol. The van der Waals surface area contributed by atoms with Gasteiger partial charge in [0.1, 0.15) is 11.6 Å². The van der Waals surface area contributed by atoms with Gasteiger partial charge in [0.05, 0.1) is 21.8 Å². The van der Waals surface area contributed by atoms with Crippen LogP contribution in [0.25, 0.3) is 21.6 Å². The summed E-state index contributed by atoms with van der Waals surface area (Å²) >= 11 is 7.35. The van der Waals surface area contributed by atoms with Gasteiger partial charge in [-0.3, -0.25) is 0 Å². The highest BCUT2D eigenvalue weighted by atomic mass is 35.5. The van der Waals surface area contributed by atoms with Crippen LogP contribution in [-0.4, -0.2) is 17.1 Å². The Kier molecular flexibility index (Phi) is 3.00. The number of rotatable bonds is 2. The molecule has 3 aromatic rings. The van der Waals surface area contributed by atoms with Gasteiger partial charge in [-0.05, 0) is 30.3 Å². The van der Waals surface area contributed by atoms with Crippen molar-refractivity contribution in [3.8, 4) is 16.5 Å². The number of aromatic nitrogens is 2. The third-order valence-electron chi connectivity index (χ3n) is 2.73. The Balaban J connectivity index is 2.19. The van der Waals surface area contributed by atoms with Crippen LogP contribution >= 0.6 is 22.9 Å². The zero-order valence-electron chi connectivity index (χ0n) is 10.1. The molecule has 0 unspecified atom stereocenters. The number of fused-ring (bicyclic) bond motifs is 1. The molecule has 0 atom stereocenters. The molecule has 0 spiro atoms. The predicted molar refractivity (Wildman–Crippen MR) is 78.8 cm³/mol. The molecule has 3 rings (SSSR count). The zero-order chi connectivity index (χ0) is 13.4. The van der Waals surface area contributed by atoms with Crippen LogP contribution in [0.2, 0.25) is 4.34 Å². The summed E-state index contributed by atoms with van der Waals surface area (Å²) in [4.78, 5) is 9.72. The molecule has 19 heavy (non-hydrogen) atoms. The van der Waals surface area contributed by atoms with Crippen LogP contribution in [-0.2, 0) is 0 Å².